The van der Waals surface area contributed by atoms with Crippen LogP contribution < -0.4 is 15.4 Å². The van der Waals surface area contributed by atoms with Gasteiger partial charge in [0.25, 0.3) is 0 Å². The molecule has 16 heavy (non-hydrogen) atoms. The Morgan fingerprint density at radius 3 is 3.00 bits per heavy atom. The average Bonchev–Trinajstić information content (AvgIpc) is 2.30. The standard InChI is InChI=1S/C11H17N3O2/c1-8(6-12-2)11(15)14-9-7-13-5-4-10(9)16-3/h4-5,7-8,12H,6H2,1-3H3,(H,14,15). The van der Waals surface area contributed by atoms with Gasteiger partial charge in [0.05, 0.1) is 13.3 Å². The van der Waals surface area contributed by atoms with Crippen molar-refractivity contribution in [1.82, 2.24) is 10.3 Å². The number of rotatable bonds is 5. The highest BCUT2D eigenvalue weighted by atomic mass is 16.5. The van der Waals surface area contributed by atoms with Crippen molar-refractivity contribution in [1.29, 1.82) is 0 Å². The van der Waals surface area contributed by atoms with Crippen LogP contribution in [0.1, 0.15) is 6.92 Å². The molecule has 88 valence electrons. The molecule has 1 amide bonds. The average molecular weight is 223 g/mol. The van der Waals surface area contributed by atoms with E-state index in [1.165, 1.54) is 0 Å². The molecule has 1 atom stereocenters. The molecule has 0 bridgehead atoms. The van der Waals surface area contributed by atoms with Crippen LogP contribution in [0, 0.1) is 5.92 Å². The Hall–Kier alpha value is -1.62. The van der Waals surface area contributed by atoms with Gasteiger partial charge in [-0.15, -0.1) is 0 Å². The van der Waals surface area contributed by atoms with Crippen molar-refractivity contribution >= 4 is 11.6 Å². The molecule has 0 saturated carbocycles. The molecule has 2 N–H and O–H groups in total. The highest BCUT2D eigenvalue weighted by molar-refractivity contribution is 5.93. The number of hydrogen-bond acceptors (Lipinski definition) is 4. The van der Waals surface area contributed by atoms with Gasteiger partial charge in [0.2, 0.25) is 5.91 Å². The molecule has 1 aromatic rings. The quantitative estimate of drug-likeness (QED) is 0.778. The summed E-state index contributed by atoms with van der Waals surface area (Å²) in [5.74, 6) is 0.454. The molecule has 1 rings (SSSR count). The first-order valence-electron chi connectivity index (χ1n) is 5.12. The number of ether oxygens (including phenoxy) is 1. The fourth-order valence-electron chi connectivity index (χ4n) is 1.31. The molecule has 5 nitrogen and oxygen atoms in total. The minimum atomic E-state index is -0.102. The van der Waals surface area contributed by atoms with Crippen molar-refractivity contribution in [2.75, 3.05) is 26.0 Å². The van der Waals surface area contributed by atoms with Crippen LogP contribution in [-0.4, -0.2) is 31.6 Å². The first-order valence-corrected chi connectivity index (χ1v) is 5.12. The lowest BCUT2D eigenvalue weighted by atomic mass is 10.1. The number of carbonyl (C=O) groups is 1. The Balaban J connectivity index is 2.69. The van der Waals surface area contributed by atoms with Crippen LogP contribution in [0.15, 0.2) is 18.5 Å². The second-order valence-corrected chi connectivity index (χ2v) is 3.52. The molecule has 1 aromatic heterocycles. The maximum absolute atomic E-state index is 11.7. The molecule has 0 saturated heterocycles. The van der Waals surface area contributed by atoms with Crippen molar-refractivity contribution in [2.24, 2.45) is 5.92 Å². The van der Waals surface area contributed by atoms with Crippen molar-refractivity contribution in [3.8, 4) is 5.75 Å². The molecule has 0 aliphatic heterocycles. The number of anilines is 1. The highest BCUT2D eigenvalue weighted by Gasteiger charge is 2.13. The number of methoxy groups -OCH3 is 1. The van der Waals surface area contributed by atoms with E-state index in [9.17, 15) is 4.79 Å². The summed E-state index contributed by atoms with van der Waals surface area (Å²) in [7, 11) is 3.37. The molecule has 0 spiro atoms. The third-order valence-electron chi connectivity index (χ3n) is 2.22. The molecule has 1 heterocycles. The predicted octanol–water partition coefficient (Wildman–Crippen LogP) is 0.884. The second-order valence-electron chi connectivity index (χ2n) is 3.52. The van der Waals surface area contributed by atoms with Gasteiger partial charge in [0.1, 0.15) is 11.4 Å². The molecular formula is C11H17N3O2. The number of hydrogen-bond donors (Lipinski definition) is 2. The van der Waals surface area contributed by atoms with E-state index >= 15 is 0 Å². The Morgan fingerprint density at radius 1 is 1.62 bits per heavy atom. The fourth-order valence-corrected chi connectivity index (χ4v) is 1.31. The maximum Gasteiger partial charge on any atom is 0.228 e. The lowest BCUT2D eigenvalue weighted by Gasteiger charge is -2.13. The van der Waals surface area contributed by atoms with Crippen molar-refractivity contribution in [3.63, 3.8) is 0 Å². The van der Waals surface area contributed by atoms with Gasteiger partial charge in [0, 0.05) is 24.7 Å². The normalized spacial score (nSPS) is 11.9. The minimum Gasteiger partial charge on any atom is -0.494 e. The molecule has 0 fully saturated rings. The van der Waals surface area contributed by atoms with E-state index < -0.39 is 0 Å². The second kappa shape index (κ2) is 6.07. The molecule has 0 aliphatic rings. The number of aromatic nitrogens is 1. The van der Waals surface area contributed by atoms with Gasteiger partial charge in [-0.3, -0.25) is 9.78 Å². The van der Waals surface area contributed by atoms with Crippen molar-refractivity contribution in [2.45, 2.75) is 6.92 Å². The SMILES string of the molecule is CNCC(C)C(=O)Nc1cnccc1OC. The number of pyridine rings is 1. The lowest BCUT2D eigenvalue weighted by Crippen LogP contribution is -2.28. The van der Waals surface area contributed by atoms with E-state index in [1.54, 1.807) is 25.6 Å². The van der Waals surface area contributed by atoms with Crippen LogP contribution in [0.5, 0.6) is 5.75 Å². The van der Waals surface area contributed by atoms with Crippen LogP contribution in [-0.2, 0) is 4.79 Å². The number of nitrogens with zero attached hydrogens (tertiary/aromatic N) is 1. The summed E-state index contributed by atoms with van der Waals surface area (Å²) < 4.78 is 5.12. The minimum absolute atomic E-state index is 0.0550. The van der Waals surface area contributed by atoms with Crippen molar-refractivity contribution < 1.29 is 9.53 Å². The Labute approximate surface area is 95.2 Å². The van der Waals surface area contributed by atoms with Crippen LogP contribution in [0.2, 0.25) is 0 Å². The van der Waals surface area contributed by atoms with E-state index in [4.69, 9.17) is 4.74 Å². The van der Waals surface area contributed by atoms with E-state index in [1.807, 2.05) is 14.0 Å². The molecule has 0 aliphatic carbocycles. The predicted molar refractivity (Wildman–Crippen MR) is 62.5 cm³/mol. The molecule has 0 aromatic carbocycles. The summed E-state index contributed by atoms with van der Waals surface area (Å²) in [6.45, 7) is 2.49. The molecule has 5 heteroatoms. The van der Waals surface area contributed by atoms with Crippen LogP contribution in [0.3, 0.4) is 0 Å². The number of amides is 1. The van der Waals surface area contributed by atoms with E-state index in [2.05, 4.69) is 15.6 Å². The summed E-state index contributed by atoms with van der Waals surface area (Å²) in [6, 6.07) is 1.71. The Morgan fingerprint density at radius 2 is 2.38 bits per heavy atom. The summed E-state index contributed by atoms with van der Waals surface area (Å²) in [6.07, 6.45) is 3.19. The largest absolute Gasteiger partial charge is 0.494 e. The van der Waals surface area contributed by atoms with Gasteiger partial charge in [-0.25, -0.2) is 0 Å². The van der Waals surface area contributed by atoms with Crippen LogP contribution >= 0.6 is 0 Å². The van der Waals surface area contributed by atoms with Crippen LogP contribution in [0.4, 0.5) is 5.69 Å². The highest BCUT2D eigenvalue weighted by Crippen LogP contribution is 2.22. The Kier molecular flexibility index (Phi) is 4.72. The fraction of sp³-hybridized carbons (Fsp3) is 0.455. The number of carbonyl (C=O) groups excluding carboxylic acids is 1. The van der Waals surface area contributed by atoms with Gasteiger partial charge in [0.15, 0.2) is 0 Å². The first-order chi connectivity index (χ1) is 7.69. The zero-order valence-electron chi connectivity index (χ0n) is 9.78. The van der Waals surface area contributed by atoms with E-state index in [-0.39, 0.29) is 11.8 Å². The van der Waals surface area contributed by atoms with Crippen LogP contribution in [0.25, 0.3) is 0 Å². The molecular weight excluding hydrogens is 206 g/mol. The monoisotopic (exact) mass is 223 g/mol. The molecule has 0 radical (unpaired) electrons. The number of nitrogens with one attached hydrogen (secondary N) is 2. The van der Waals surface area contributed by atoms with Gasteiger partial charge in [-0.1, -0.05) is 6.92 Å². The topological polar surface area (TPSA) is 63.2 Å². The third kappa shape index (κ3) is 3.20. The first kappa shape index (κ1) is 12.4. The van der Waals surface area contributed by atoms with Gasteiger partial charge >= 0.3 is 0 Å². The van der Waals surface area contributed by atoms with Gasteiger partial charge in [-0.2, -0.15) is 0 Å². The Bertz CT molecular complexity index is 355. The van der Waals surface area contributed by atoms with Crippen molar-refractivity contribution in [3.05, 3.63) is 18.5 Å². The van der Waals surface area contributed by atoms with E-state index in [0.29, 0.717) is 18.0 Å². The third-order valence-corrected chi connectivity index (χ3v) is 2.22. The zero-order valence-corrected chi connectivity index (χ0v) is 9.78. The summed E-state index contributed by atoms with van der Waals surface area (Å²) in [5.41, 5.74) is 0.595. The molecule has 1 unspecified atom stereocenters. The summed E-state index contributed by atoms with van der Waals surface area (Å²) >= 11 is 0. The smallest absolute Gasteiger partial charge is 0.228 e. The summed E-state index contributed by atoms with van der Waals surface area (Å²) in [4.78, 5) is 15.7. The lowest BCUT2D eigenvalue weighted by molar-refractivity contribution is -0.119. The zero-order chi connectivity index (χ0) is 12.0. The van der Waals surface area contributed by atoms with Gasteiger partial charge < -0.3 is 15.4 Å². The summed E-state index contributed by atoms with van der Waals surface area (Å²) in [5, 5.41) is 5.73. The van der Waals surface area contributed by atoms with Gasteiger partial charge in [-0.05, 0) is 7.05 Å². The maximum atomic E-state index is 11.7. The van der Waals surface area contributed by atoms with E-state index in [0.717, 1.165) is 0 Å².